The van der Waals surface area contributed by atoms with Crippen LogP contribution in [0, 0.1) is 0 Å². The lowest BCUT2D eigenvalue weighted by Crippen LogP contribution is -2.50. The Balaban J connectivity index is 1.50. The minimum absolute atomic E-state index is 0.730. The molecule has 0 amide bonds. The molecule has 6 nitrogen and oxygen atoms in total. The van der Waals surface area contributed by atoms with E-state index in [1.54, 1.807) is 0 Å². The monoisotopic (exact) mass is 556 g/mol. The van der Waals surface area contributed by atoms with E-state index in [0.29, 0.717) is 0 Å². The number of hydrogen-bond acceptors (Lipinski definition) is 6. The number of allylic oxidation sites excluding steroid dienone is 6. The standard InChI is InChI=1S/C35H52N6/c1-7-11-13-19-37-31(10-4)27(5)24-32(36-6)33-25-34(28-15-16-28)41-26-30(17-18-35(41)38-33)40-22-20-39(21-23-40)29(9-3)14-12-8-2/h13,17-19,24-26,29H,7-12,14-16,20-23H2,1-6H3/b19-13-,27-24+,36-32?,37-31+. The largest absolute Gasteiger partial charge is 0.368 e. The molecule has 4 rings (SSSR count). The Hall–Kier alpha value is -2.99. The van der Waals surface area contributed by atoms with E-state index >= 15 is 0 Å². The number of amidine groups is 1. The Kier molecular flexibility index (Phi) is 11.6. The summed E-state index contributed by atoms with van der Waals surface area (Å²) < 4.78 is 0. The third-order valence-corrected chi connectivity index (χ3v) is 8.54. The second kappa shape index (κ2) is 15.3. The Morgan fingerprint density at radius 2 is 1.83 bits per heavy atom. The van der Waals surface area contributed by atoms with Crippen molar-refractivity contribution >= 4 is 17.3 Å². The van der Waals surface area contributed by atoms with Crippen LogP contribution in [0.3, 0.4) is 0 Å². The third kappa shape index (κ3) is 8.06. The fourth-order valence-corrected chi connectivity index (χ4v) is 5.86. The second-order valence-electron chi connectivity index (χ2n) is 11.5. The zero-order valence-corrected chi connectivity index (χ0v) is 26.5. The molecule has 2 fully saturated rings. The zero-order chi connectivity index (χ0) is 29.2. The molecule has 0 radical (unpaired) electrons. The van der Waals surface area contributed by atoms with E-state index < -0.39 is 0 Å². The molecular formula is C35H52N6. The summed E-state index contributed by atoms with van der Waals surface area (Å²) >= 11 is 0. The van der Waals surface area contributed by atoms with Gasteiger partial charge in [0.05, 0.1) is 17.1 Å². The average molecular weight is 557 g/mol. The van der Waals surface area contributed by atoms with Crippen LogP contribution in [0.5, 0.6) is 0 Å². The Bertz CT molecular complexity index is 1190. The first-order chi connectivity index (χ1) is 20.0. The molecule has 1 aliphatic carbocycles. The highest BCUT2D eigenvalue weighted by Crippen LogP contribution is 2.38. The lowest BCUT2D eigenvalue weighted by molar-refractivity contribution is 0.108. The van der Waals surface area contributed by atoms with Gasteiger partial charge in [0, 0.05) is 63.1 Å². The fraction of sp³-hybridized carbons (Fsp3) is 0.571. The van der Waals surface area contributed by atoms with Gasteiger partial charge in [-0.05, 0) is 80.9 Å². The van der Waals surface area contributed by atoms with Gasteiger partial charge in [-0.3, -0.25) is 19.8 Å². The molecule has 0 aromatic carbocycles. The van der Waals surface area contributed by atoms with E-state index in [1.807, 2.05) is 13.2 Å². The molecule has 0 bridgehead atoms. The van der Waals surface area contributed by atoms with Crippen LogP contribution in [0.4, 0.5) is 0 Å². The minimum Gasteiger partial charge on any atom is -0.368 e. The van der Waals surface area contributed by atoms with Gasteiger partial charge in [-0.15, -0.1) is 0 Å². The summed E-state index contributed by atoms with van der Waals surface area (Å²) in [4.78, 5) is 22.1. The minimum atomic E-state index is 0.730. The van der Waals surface area contributed by atoms with Crippen LogP contribution in [-0.4, -0.2) is 71.2 Å². The van der Waals surface area contributed by atoms with Crippen molar-refractivity contribution < 1.29 is 0 Å². The van der Waals surface area contributed by atoms with Crippen LogP contribution < -0.4 is 0 Å². The van der Waals surface area contributed by atoms with Crippen molar-refractivity contribution in [3.8, 4) is 0 Å². The molecule has 3 heterocycles. The first-order valence-electron chi connectivity index (χ1n) is 16.1. The van der Waals surface area contributed by atoms with Gasteiger partial charge in [0.25, 0.3) is 0 Å². The lowest BCUT2D eigenvalue weighted by Gasteiger charge is -2.41. The van der Waals surface area contributed by atoms with Crippen molar-refractivity contribution in [2.75, 3.05) is 33.2 Å². The van der Waals surface area contributed by atoms with Crippen molar-refractivity contribution in [1.82, 2.24) is 14.7 Å². The Morgan fingerprint density at radius 1 is 1.05 bits per heavy atom. The van der Waals surface area contributed by atoms with Crippen molar-refractivity contribution in [2.24, 2.45) is 15.0 Å². The quantitative estimate of drug-likeness (QED) is 0.217. The number of aliphatic imine (C=N–C) groups is 3. The van der Waals surface area contributed by atoms with Gasteiger partial charge < -0.3 is 4.90 Å². The number of rotatable bonds is 13. The van der Waals surface area contributed by atoms with Crippen molar-refractivity contribution in [1.29, 1.82) is 0 Å². The van der Waals surface area contributed by atoms with Gasteiger partial charge in [0.2, 0.25) is 0 Å². The maximum Gasteiger partial charge on any atom is 0.137 e. The molecule has 0 aromatic rings. The molecule has 1 atom stereocenters. The van der Waals surface area contributed by atoms with E-state index in [0.717, 1.165) is 92.9 Å². The van der Waals surface area contributed by atoms with Gasteiger partial charge in [0.1, 0.15) is 5.84 Å². The predicted octanol–water partition coefficient (Wildman–Crippen LogP) is 7.81. The second-order valence-corrected chi connectivity index (χ2v) is 11.5. The van der Waals surface area contributed by atoms with Crippen LogP contribution in [-0.2, 0) is 0 Å². The molecule has 0 N–H and O–H groups in total. The van der Waals surface area contributed by atoms with E-state index in [2.05, 4.69) is 90.9 Å². The van der Waals surface area contributed by atoms with Gasteiger partial charge >= 0.3 is 0 Å². The summed E-state index contributed by atoms with van der Waals surface area (Å²) in [5, 5.41) is 0. The van der Waals surface area contributed by atoms with Crippen molar-refractivity contribution in [3.63, 3.8) is 0 Å². The highest BCUT2D eigenvalue weighted by atomic mass is 15.3. The van der Waals surface area contributed by atoms with Crippen molar-refractivity contribution in [3.05, 3.63) is 71.0 Å². The molecule has 41 heavy (non-hydrogen) atoms. The molecule has 1 unspecified atom stereocenters. The van der Waals surface area contributed by atoms with E-state index in [9.17, 15) is 0 Å². The Morgan fingerprint density at radius 3 is 2.46 bits per heavy atom. The highest BCUT2D eigenvalue weighted by molar-refractivity contribution is 6.16. The van der Waals surface area contributed by atoms with E-state index in [4.69, 9.17) is 9.98 Å². The van der Waals surface area contributed by atoms with E-state index in [1.165, 1.54) is 42.7 Å². The number of unbranched alkanes of at least 4 members (excludes halogenated alkanes) is 2. The molecular weight excluding hydrogens is 504 g/mol. The molecule has 3 aliphatic heterocycles. The molecule has 4 aliphatic rings. The molecule has 0 aromatic heterocycles. The average Bonchev–Trinajstić information content (AvgIpc) is 3.85. The molecule has 1 saturated carbocycles. The van der Waals surface area contributed by atoms with Gasteiger partial charge in [-0.1, -0.05) is 53.0 Å². The third-order valence-electron chi connectivity index (χ3n) is 8.54. The van der Waals surface area contributed by atoms with Gasteiger partial charge in [-0.25, -0.2) is 4.99 Å². The smallest absolute Gasteiger partial charge is 0.137 e. The molecule has 1 saturated heterocycles. The van der Waals surface area contributed by atoms with Crippen molar-refractivity contribution in [2.45, 2.75) is 98.4 Å². The summed E-state index contributed by atoms with van der Waals surface area (Å²) in [5.41, 5.74) is 8.12. The molecule has 6 heteroatoms. The van der Waals surface area contributed by atoms with Gasteiger partial charge in [-0.2, -0.15) is 0 Å². The summed E-state index contributed by atoms with van der Waals surface area (Å²) in [7, 11) is 1.86. The summed E-state index contributed by atoms with van der Waals surface area (Å²) in [6.07, 6.45) is 25.8. The van der Waals surface area contributed by atoms with Crippen LogP contribution in [0.1, 0.15) is 92.4 Å². The van der Waals surface area contributed by atoms with Crippen LogP contribution >= 0.6 is 0 Å². The van der Waals surface area contributed by atoms with Crippen LogP contribution in [0.25, 0.3) is 0 Å². The maximum atomic E-state index is 5.10. The molecule has 0 spiro atoms. The summed E-state index contributed by atoms with van der Waals surface area (Å²) in [6, 6.07) is 0.730. The molecule has 222 valence electrons. The maximum absolute atomic E-state index is 5.10. The summed E-state index contributed by atoms with van der Waals surface area (Å²) in [5.74, 6) is 0.976. The fourth-order valence-electron chi connectivity index (χ4n) is 5.86. The number of piperazine rings is 1. The topological polar surface area (TPSA) is 46.8 Å². The zero-order valence-electron chi connectivity index (χ0n) is 26.5. The number of nitrogens with zero attached hydrogens (tertiary/aromatic N) is 6. The van der Waals surface area contributed by atoms with Gasteiger partial charge in [0.15, 0.2) is 0 Å². The lowest BCUT2D eigenvalue weighted by atomic mass is 10.0. The normalized spacial score (nSPS) is 21.3. The number of fused-ring (bicyclic) bond motifs is 1. The van der Waals surface area contributed by atoms with E-state index in [-0.39, 0.29) is 0 Å². The Labute approximate surface area is 249 Å². The summed E-state index contributed by atoms with van der Waals surface area (Å²) in [6.45, 7) is 15.6. The first-order valence-corrected chi connectivity index (χ1v) is 16.1. The van der Waals surface area contributed by atoms with Crippen LogP contribution in [0.2, 0.25) is 0 Å². The predicted molar refractivity (Wildman–Crippen MR) is 176 cm³/mol. The highest BCUT2D eigenvalue weighted by Gasteiger charge is 2.30. The van der Waals surface area contributed by atoms with Crippen LogP contribution in [0.15, 0.2) is 86.0 Å². The first kappa shape index (κ1) is 31.0. The SMILES string of the molecule is CCC\C=C/N=C(CC)/C(C)=C/C(=NC)C1=CC(=C2CC2)N2C=C(N3CCN(C(CC)CCCC)CC3)C=CC2=N1. The number of hydrogen-bond donors (Lipinski definition) is 0.